The summed E-state index contributed by atoms with van der Waals surface area (Å²) in [6, 6.07) is 9.09. The second-order valence-electron chi connectivity index (χ2n) is 8.25. The maximum absolute atomic E-state index is 13.4. The molecule has 2 aliphatic rings. The highest BCUT2D eigenvalue weighted by molar-refractivity contribution is 5.89. The SMILES string of the molecule is O=C(NCc1ccco1)[C@@H](C1CCCC1)N1CCN(C(=O)Nc2cccc(F)c2)CC1. The molecule has 8 heteroatoms. The maximum Gasteiger partial charge on any atom is 0.321 e. The number of halogens is 1. The second-order valence-corrected chi connectivity index (χ2v) is 8.25. The van der Waals surface area contributed by atoms with E-state index in [2.05, 4.69) is 15.5 Å². The molecule has 0 unspecified atom stereocenters. The van der Waals surface area contributed by atoms with Crippen LogP contribution in [0.1, 0.15) is 31.4 Å². The van der Waals surface area contributed by atoms with Gasteiger partial charge in [0, 0.05) is 31.9 Å². The van der Waals surface area contributed by atoms with E-state index in [1.54, 1.807) is 23.3 Å². The summed E-state index contributed by atoms with van der Waals surface area (Å²) in [6.45, 7) is 2.69. The van der Waals surface area contributed by atoms with Crippen molar-refractivity contribution in [1.29, 1.82) is 0 Å². The van der Waals surface area contributed by atoms with E-state index in [0.29, 0.717) is 44.3 Å². The summed E-state index contributed by atoms with van der Waals surface area (Å²) in [7, 11) is 0. The molecule has 7 nitrogen and oxygen atoms in total. The van der Waals surface area contributed by atoms with Crippen molar-refractivity contribution in [2.75, 3.05) is 31.5 Å². The van der Waals surface area contributed by atoms with Gasteiger partial charge in [0.15, 0.2) is 0 Å². The molecule has 1 atom stereocenters. The van der Waals surface area contributed by atoms with Gasteiger partial charge >= 0.3 is 6.03 Å². The summed E-state index contributed by atoms with van der Waals surface area (Å²) in [4.78, 5) is 29.6. The van der Waals surface area contributed by atoms with Gasteiger partial charge in [0.25, 0.3) is 0 Å². The Morgan fingerprint density at radius 1 is 1.10 bits per heavy atom. The Kier molecular flexibility index (Phi) is 6.86. The zero-order valence-electron chi connectivity index (χ0n) is 17.6. The highest BCUT2D eigenvalue weighted by Gasteiger charge is 2.37. The molecule has 31 heavy (non-hydrogen) atoms. The van der Waals surface area contributed by atoms with Crippen LogP contribution in [0.2, 0.25) is 0 Å². The van der Waals surface area contributed by atoms with Crippen LogP contribution < -0.4 is 10.6 Å². The minimum absolute atomic E-state index is 0.0287. The van der Waals surface area contributed by atoms with E-state index in [-0.39, 0.29) is 23.8 Å². The topological polar surface area (TPSA) is 77.8 Å². The summed E-state index contributed by atoms with van der Waals surface area (Å²) in [5, 5.41) is 5.78. The first kappa shape index (κ1) is 21.4. The maximum atomic E-state index is 13.4. The predicted octanol–water partition coefficient (Wildman–Crippen LogP) is 3.44. The molecule has 1 aliphatic heterocycles. The second kappa shape index (κ2) is 9.96. The molecular weight excluding hydrogens is 399 g/mol. The summed E-state index contributed by atoms with van der Waals surface area (Å²) in [5.74, 6) is 0.713. The zero-order valence-corrected chi connectivity index (χ0v) is 17.6. The monoisotopic (exact) mass is 428 g/mol. The van der Waals surface area contributed by atoms with Crippen molar-refractivity contribution in [3.63, 3.8) is 0 Å². The highest BCUT2D eigenvalue weighted by atomic mass is 19.1. The Morgan fingerprint density at radius 2 is 1.87 bits per heavy atom. The van der Waals surface area contributed by atoms with Gasteiger partial charge in [-0.2, -0.15) is 0 Å². The molecule has 2 fully saturated rings. The van der Waals surface area contributed by atoms with E-state index in [4.69, 9.17) is 4.42 Å². The number of rotatable bonds is 6. The molecule has 166 valence electrons. The standard InChI is InChI=1S/C23H29FN4O3/c24-18-7-3-8-19(15-18)26-23(30)28-12-10-27(11-13-28)21(17-5-1-2-6-17)22(29)25-16-20-9-4-14-31-20/h3-4,7-9,14-15,17,21H,1-2,5-6,10-13,16H2,(H,25,29)(H,26,30)/t21-/m1/s1. The molecule has 1 aromatic heterocycles. The Balaban J connectivity index is 1.34. The Hall–Kier alpha value is -2.87. The van der Waals surface area contributed by atoms with E-state index in [1.807, 2.05) is 12.1 Å². The molecule has 0 bridgehead atoms. The van der Waals surface area contributed by atoms with Crippen LogP contribution in [0.3, 0.4) is 0 Å². The number of carbonyl (C=O) groups excluding carboxylic acids is 2. The van der Waals surface area contributed by atoms with Crippen molar-refractivity contribution in [3.05, 3.63) is 54.2 Å². The van der Waals surface area contributed by atoms with Gasteiger partial charge in [0.05, 0.1) is 18.8 Å². The molecular formula is C23H29FN4O3. The van der Waals surface area contributed by atoms with Gasteiger partial charge in [-0.15, -0.1) is 0 Å². The minimum Gasteiger partial charge on any atom is -0.467 e. The average molecular weight is 429 g/mol. The lowest BCUT2D eigenvalue weighted by Gasteiger charge is -2.40. The third kappa shape index (κ3) is 5.44. The predicted molar refractivity (Wildman–Crippen MR) is 115 cm³/mol. The fraction of sp³-hybridized carbons (Fsp3) is 0.478. The number of nitrogens with one attached hydrogen (secondary N) is 2. The number of piperazine rings is 1. The summed E-state index contributed by atoms with van der Waals surface area (Å²) >= 11 is 0. The molecule has 4 rings (SSSR count). The fourth-order valence-electron chi connectivity index (χ4n) is 4.62. The van der Waals surface area contributed by atoms with Crippen LogP contribution in [-0.2, 0) is 11.3 Å². The quantitative estimate of drug-likeness (QED) is 0.739. The lowest BCUT2D eigenvalue weighted by molar-refractivity contribution is -0.129. The normalized spacial score (nSPS) is 18.7. The lowest BCUT2D eigenvalue weighted by atomic mass is 9.95. The van der Waals surface area contributed by atoms with Crippen molar-refractivity contribution < 1.29 is 18.4 Å². The first-order valence-electron chi connectivity index (χ1n) is 11.0. The van der Waals surface area contributed by atoms with Crippen molar-refractivity contribution >= 4 is 17.6 Å². The van der Waals surface area contributed by atoms with Crippen molar-refractivity contribution in [3.8, 4) is 0 Å². The van der Waals surface area contributed by atoms with Crippen molar-refractivity contribution in [2.45, 2.75) is 38.3 Å². The van der Waals surface area contributed by atoms with Gasteiger partial charge in [-0.25, -0.2) is 9.18 Å². The van der Waals surface area contributed by atoms with Crippen molar-refractivity contribution in [1.82, 2.24) is 15.1 Å². The number of carbonyl (C=O) groups is 2. The van der Waals surface area contributed by atoms with Crippen LogP contribution in [0.5, 0.6) is 0 Å². The van der Waals surface area contributed by atoms with E-state index in [0.717, 1.165) is 31.4 Å². The van der Waals surface area contributed by atoms with Gasteiger partial charge in [-0.05, 0) is 49.1 Å². The van der Waals surface area contributed by atoms with E-state index in [9.17, 15) is 14.0 Å². The van der Waals surface area contributed by atoms with Gasteiger partial charge in [0.1, 0.15) is 11.6 Å². The summed E-state index contributed by atoms with van der Waals surface area (Å²) in [5.41, 5.74) is 0.438. The first-order valence-corrected chi connectivity index (χ1v) is 11.0. The number of benzene rings is 1. The third-order valence-corrected chi connectivity index (χ3v) is 6.20. The van der Waals surface area contributed by atoms with Crippen LogP contribution in [0.25, 0.3) is 0 Å². The minimum atomic E-state index is -0.386. The van der Waals surface area contributed by atoms with E-state index in [1.165, 1.54) is 12.1 Å². The van der Waals surface area contributed by atoms with Crippen LogP contribution in [0, 0.1) is 11.7 Å². The number of anilines is 1. The Bertz CT molecular complexity index is 875. The number of amides is 3. The van der Waals surface area contributed by atoms with Gasteiger partial charge < -0.3 is 20.0 Å². The van der Waals surface area contributed by atoms with Crippen LogP contribution in [0.4, 0.5) is 14.9 Å². The number of hydrogen-bond donors (Lipinski definition) is 2. The third-order valence-electron chi connectivity index (χ3n) is 6.20. The summed E-state index contributed by atoms with van der Waals surface area (Å²) in [6.07, 6.45) is 6.02. The number of furan rings is 1. The van der Waals surface area contributed by atoms with Gasteiger partial charge in [-0.1, -0.05) is 18.9 Å². The van der Waals surface area contributed by atoms with Crippen molar-refractivity contribution in [2.24, 2.45) is 5.92 Å². The average Bonchev–Trinajstić information content (AvgIpc) is 3.47. The Morgan fingerprint density at radius 3 is 2.55 bits per heavy atom. The summed E-state index contributed by atoms with van der Waals surface area (Å²) < 4.78 is 18.7. The molecule has 2 N–H and O–H groups in total. The molecule has 0 radical (unpaired) electrons. The fourth-order valence-corrected chi connectivity index (χ4v) is 4.62. The Labute approximate surface area is 181 Å². The highest BCUT2D eigenvalue weighted by Crippen LogP contribution is 2.31. The largest absolute Gasteiger partial charge is 0.467 e. The molecule has 0 spiro atoms. The van der Waals surface area contributed by atoms with Gasteiger partial charge in [-0.3, -0.25) is 9.69 Å². The van der Waals surface area contributed by atoms with Crippen LogP contribution >= 0.6 is 0 Å². The smallest absolute Gasteiger partial charge is 0.321 e. The lowest BCUT2D eigenvalue weighted by Crippen LogP contribution is -2.58. The molecule has 1 aliphatic carbocycles. The number of urea groups is 1. The van der Waals surface area contributed by atoms with E-state index < -0.39 is 0 Å². The molecule has 1 aromatic carbocycles. The number of nitrogens with zero attached hydrogens (tertiary/aromatic N) is 2. The molecule has 1 saturated heterocycles. The van der Waals surface area contributed by atoms with Crippen LogP contribution in [-0.4, -0.2) is 54.0 Å². The molecule has 3 amide bonds. The zero-order chi connectivity index (χ0) is 21.6. The molecule has 1 saturated carbocycles. The first-order chi connectivity index (χ1) is 15.1. The van der Waals surface area contributed by atoms with E-state index >= 15 is 0 Å². The van der Waals surface area contributed by atoms with Gasteiger partial charge in [0.2, 0.25) is 5.91 Å². The number of hydrogen-bond acceptors (Lipinski definition) is 4. The molecule has 2 aromatic rings. The van der Waals surface area contributed by atoms with Crippen LogP contribution in [0.15, 0.2) is 47.1 Å². The molecule has 2 heterocycles.